The zero-order valence-corrected chi connectivity index (χ0v) is 10.1. The van der Waals surface area contributed by atoms with Crippen LogP contribution in [0.5, 0.6) is 0 Å². The number of nitrogens with one attached hydrogen (secondary N) is 1. The number of hydrogen-bond acceptors (Lipinski definition) is 3. The van der Waals surface area contributed by atoms with Gasteiger partial charge in [0.25, 0.3) is 0 Å². The van der Waals surface area contributed by atoms with E-state index in [4.69, 9.17) is 5.26 Å². The van der Waals surface area contributed by atoms with Gasteiger partial charge in [-0.3, -0.25) is 4.79 Å². The van der Waals surface area contributed by atoms with Gasteiger partial charge in [0.15, 0.2) is 0 Å². The number of likely N-dealkylation sites (N-methyl/N-ethyl adjacent to an activating group) is 1. The second-order valence-electron chi connectivity index (χ2n) is 4.33. The van der Waals surface area contributed by atoms with E-state index in [0.717, 1.165) is 13.0 Å². The van der Waals surface area contributed by atoms with Gasteiger partial charge in [-0.25, -0.2) is 0 Å². The average Bonchev–Trinajstić information content (AvgIpc) is 2.22. The molecule has 0 atom stereocenters. The van der Waals surface area contributed by atoms with Crippen molar-refractivity contribution in [3.8, 4) is 6.07 Å². The van der Waals surface area contributed by atoms with Crippen LogP contribution in [0.15, 0.2) is 0 Å². The van der Waals surface area contributed by atoms with Crippen molar-refractivity contribution in [1.82, 2.24) is 10.2 Å². The predicted octanol–water partition coefficient (Wildman–Crippen LogP) is 0.994. The number of amides is 1. The molecule has 0 saturated heterocycles. The highest BCUT2D eigenvalue weighted by molar-refractivity contribution is 5.77. The lowest BCUT2D eigenvalue weighted by Gasteiger charge is -2.17. The Morgan fingerprint density at radius 1 is 1.53 bits per heavy atom. The second-order valence-corrected chi connectivity index (χ2v) is 4.33. The van der Waals surface area contributed by atoms with E-state index in [1.807, 2.05) is 20.8 Å². The molecule has 0 aromatic rings. The summed E-state index contributed by atoms with van der Waals surface area (Å²) in [7, 11) is 1.78. The van der Waals surface area contributed by atoms with Crippen molar-refractivity contribution >= 4 is 5.91 Å². The minimum atomic E-state index is -0.313. The van der Waals surface area contributed by atoms with Crippen LogP contribution in [0.1, 0.15) is 27.2 Å². The van der Waals surface area contributed by atoms with Gasteiger partial charge in [-0.1, -0.05) is 0 Å². The van der Waals surface area contributed by atoms with Crippen LogP contribution in [0.4, 0.5) is 0 Å². The lowest BCUT2D eigenvalue weighted by molar-refractivity contribution is -0.128. The molecule has 0 aliphatic carbocycles. The largest absolute Gasteiger partial charge is 0.345 e. The Balaban J connectivity index is 3.65. The molecule has 0 bridgehead atoms. The number of hydrogen-bond donors (Lipinski definition) is 1. The molecule has 0 aliphatic rings. The Kier molecular flexibility index (Phi) is 5.95. The van der Waals surface area contributed by atoms with E-state index in [1.165, 1.54) is 0 Å². The molecule has 4 heteroatoms. The van der Waals surface area contributed by atoms with E-state index in [1.54, 1.807) is 11.9 Å². The van der Waals surface area contributed by atoms with E-state index in [-0.39, 0.29) is 11.3 Å². The average molecular weight is 211 g/mol. The summed E-state index contributed by atoms with van der Waals surface area (Å²) in [4.78, 5) is 13.0. The smallest absolute Gasteiger partial charge is 0.236 e. The van der Waals surface area contributed by atoms with Gasteiger partial charge in [0, 0.05) is 13.6 Å². The first-order valence-electron chi connectivity index (χ1n) is 5.29. The zero-order valence-electron chi connectivity index (χ0n) is 10.1. The molecule has 0 radical (unpaired) electrons. The van der Waals surface area contributed by atoms with E-state index in [0.29, 0.717) is 13.1 Å². The Bertz CT molecular complexity index is 243. The minimum Gasteiger partial charge on any atom is -0.345 e. The molecule has 0 aromatic heterocycles. The maximum atomic E-state index is 11.4. The molecule has 1 amide bonds. The number of nitrogens with zero attached hydrogens (tertiary/aromatic N) is 2. The molecule has 0 fully saturated rings. The van der Waals surface area contributed by atoms with E-state index in [9.17, 15) is 4.79 Å². The summed E-state index contributed by atoms with van der Waals surface area (Å²) < 4.78 is 0. The number of carbonyl (C=O) groups is 1. The van der Waals surface area contributed by atoms with Crippen LogP contribution in [0, 0.1) is 16.7 Å². The first kappa shape index (κ1) is 13.9. The molecule has 15 heavy (non-hydrogen) atoms. The minimum absolute atomic E-state index is 0.0901. The quantitative estimate of drug-likeness (QED) is 0.667. The van der Waals surface area contributed by atoms with E-state index < -0.39 is 0 Å². The van der Waals surface area contributed by atoms with Gasteiger partial charge in [-0.05, 0) is 33.7 Å². The van der Waals surface area contributed by atoms with Crippen molar-refractivity contribution in [2.24, 2.45) is 5.41 Å². The molecule has 0 aliphatic heterocycles. The lowest BCUT2D eigenvalue weighted by atomic mass is 9.91. The highest BCUT2D eigenvalue weighted by atomic mass is 16.2. The maximum absolute atomic E-state index is 11.4. The normalized spacial score (nSPS) is 10.9. The fourth-order valence-electron chi connectivity index (χ4n) is 0.963. The molecule has 0 heterocycles. The molecule has 0 rings (SSSR count). The molecule has 0 aromatic carbocycles. The number of rotatable bonds is 6. The van der Waals surface area contributed by atoms with Gasteiger partial charge >= 0.3 is 0 Å². The topological polar surface area (TPSA) is 56.1 Å². The van der Waals surface area contributed by atoms with Gasteiger partial charge in [0.2, 0.25) is 5.91 Å². The van der Waals surface area contributed by atoms with Crippen LogP contribution < -0.4 is 5.32 Å². The molecule has 0 saturated carbocycles. The summed E-state index contributed by atoms with van der Waals surface area (Å²) >= 11 is 0. The van der Waals surface area contributed by atoms with Crippen LogP contribution in [-0.4, -0.2) is 37.5 Å². The van der Waals surface area contributed by atoms with Crippen LogP contribution in [0.25, 0.3) is 0 Å². The molecule has 0 spiro atoms. The Labute approximate surface area is 92.3 Å². The summed E-state index contributed by atoms with van der Waals surface area (Å²) in [5.74, 6) is 0.0901. The fourth-order valence-corrected chi connectivity index (χ4v) is 0.963. The Hall–Kier alpha value is -1.08. The third-order valence-electron chi connectivity index (χ3n) is 2.41. The van der Waals surface area contributed by atoms with Crippen molar-refractivity contribution in [2.45, 2.75) is 27.2 Å². The molecule has 4 nitrogen and oxygen atoms in total. The van der Waals surface area contributed by atoms with Crippen molar-refractivity contribution in [3.63, 3.8) is 0 Å². The van der Waals surface area contributed by atoms with Crippen LogP contribution >= 0.6 is 0 Å². The summed E-state index contributed by atoms with van der Waals surface area (Å²) in [6.07, 6.45) is 0.757. The Morgan fingerprint density at radius 3 is 2.60 bits per heavy atom. The van der Waals surface area contributed by atoms with Gasteiger partial charge < -0.3 is 10.2 Å². The molecule has 1 N–H and O–H groups in total. The fraction of sp³-hybridized carbons (Fsp3) is 0.818. The Morgan fingerprint density at radius 2 is 2.13 bits per heavy atom. The van der Waals surface area contributed by atoms with Gasteiger partial charge in [0.1, 0.15) is 0 Å². The van der Waals surface area contributed by atoms with Crippen LogP contribution in [0.2, 0.25) is 0 Å². The summed E-state index contributed by atoms with van der Waals surface area (Å²) in [6, 6.07) is 2.23. The summed E-state index contributed by atoms with van der Waals surface area (Å²) in [5, 5.41) is 11.8. The third-order valence-corrected chi connectivity index (χ3v) is 2.41. The first-order chi connectivity index (χ1) is 6.93. The van der Waals surface area contributed by atoms with E-state index >= 15 is 0 Å². The van der Waals surface area contributed by atoms with Crippen LogP contribution in [-0.2, 0) is 4.79 Å². The van der Waals surface area contributed by atoms with Crippen LogP contribution in [0.3, 0.4) is 0 Å². The number of carbonyl (C=O) groups excluding carboxylic acids is 1. The maximum Gasteiger partial charge on any atom is 0.236 e. The zero-order chi connectivity index (χ0) is 11.9. The van der Waals surface area contributed by atoms with Crippen molar-refractivity contribution in [3.05, 3.63) is 0 Å². The summed E-state index contributed by atoms with van der Waals surface area (Å²) in [6.45, 7) is 7.51. The molecular weight excluding hydrogens is 190 g/mol. The highest BCUT2D eigenvalue weighted by Gasteiger charge is 2.15. The third kappa shape index (κ3) is 6.08. The van der Waals surface area contributed by atoms with Gasteiger partial charge in [-0.2, -0.15) is 5.26 Å². The standard InChI is InChI=1S/C11H21N3O/c1-5-14(4)10(15)8-13-7-6-11(2,3)9-12/h13H,5-8H2,1-4H3. The monoisotopic (exact) mass is 211 g/mol. The van der Waals surface area contributed by atoms with Gasteiger partial charge in [0.05, 0.1) is 18.0 Å². The molecule has 86 valence electrons. The molecular formula is C11H21N3O. The predicted molar refractivity (Wildman–Crippen MR) is 60.2 cm³/mol. The first-order valence-corrected chi connectivity index (χ1v) is 5.29. The second kappa shape index (κ2) is 6.41. The van der Waals surface area contributed by atoms with Crippen molar-refractivity contribution in [1.29, 1.82) is 5.26 Å². The van der Waals surface area contributed by atoms with Gasteiger partial charge in [-0.15, -0.1) is 0 Å². The number of nitriles is 1. The molecule has 0 unspecified atom stereocenters. The summed E-state index contributed by atoms with van der Waals surface area (Å²) in [5.41, 5.74) is -0.313. The van der Waals surface area contributed by atoms with Crippen molar-refractivity contribution in [2.75, 3.05) is 26.7 Å². The van der Waals surface area contributed by atoms with E-state index in [2.05, 4.69) is 11.4 Å². The lowest BCUT2D eigenvalue weighted by Crippen LogP contribution is -2.36. The highest BCUT2D eigenvalue weighted by Crippen LogP contribution is 2.16. The SMILES string of the molecule is CCN(C)C(=O)CNCCC(C)(C)C#N. The van der Waals surface area contributed by atoms with Crippen molar-refractivity contribution < 1.29 is 4.79 Å².